The summed E-state index contributed by atoms with van der Waals surface area (Å²) in [6, 6.07) is 5.66. The predicted octanol–water partition coefficient (Wildman–Crippen LogP) is 3.14. The van der Waals surface area contributed by atoms with Gasteiger partial charge in [-0.3, -0.25) is 9.13 Å². The molecule has 1 aliphatic heterocycles. The van der Waals surface area contributed by atoms with E-state index in [9.17, 15) is 15.0 Å². The summed E-state index contributed by atoms with van der Waals surface area (Å²) in [5, 5.41) is 23.4. The van der Waals surface area contributed by atoms with Gasteiger partial charge in [0.15, 0.2) is 5.82 Å². The number of piperidine rings is 1. The van der Waals surface area contributed by atoms with Crippen molar-refractivity contribution in [2.75, 3.05) is 29.9 Å². The van der Waals surface area contributed by atoms with Crippen LogP contribution >= 0.6 is 11.6 Å². The molecule has 3 N–H and O–H groups in total. The first-order valence-corrected chi connectivity index (χ1v) is 12.0. The minimum atomic E-state index is -0.872. The zero-order valence-electron chi connectivity index (χ0n) is 20.1. The molecule has 1 saturated heterocycles. The Morgan fingerprint density at radius 2 is 2.03 bits per heavy atom. The molecule has 0 aliphatic carbocycles. The summed E-state index contributed by atoms with van der Waals surface area (Å²) in [5.41, 5.74) is 1.31. The quantitative estimate of drug-likeness (QED) is 0.468. The molecule has 1 aliphatic rings. The molecular weight excluding hydrogens is 456 g/mol. The Morgan fingerprint density at radius 3 is 2.74 bits per heavy atom. The number of aliphatic hydroxyl groups excluding tert-OH is 1. The maximum Gasteiger partial charge on any atom is 0.328 e. The highest BCUT2D eigenvalue weighted by molar-refractivity contribution is 6.32. The van der Waals surface area contributed by atoms with E-state index in [2.05, 4.69) is 27.1 Å². The van der Waals surface area contributed by atoms with Crippen molar-refractivity contribution in [1.82, 2.24) is 19.1 Å². The van der Waals surface area contributed by atoms with E-state index in [0.29, 0.717) is 42.2 Å². The molecule has 9 nitrogen and oxygen atoms in total. The van der Waals surface area contributed by atoms with E-state index in [1.54, 1.807) is 36.2 Å². The third kappa shape index (κ3) is 5.21. The van der Waals surface area contributed by atoms with Crippen LogP contribution in [0.1, 0.15) is 33.6 Å². The van der Waals surface area contributed by atoms with Crippen LogP contribution in [-0.2, 0) is 13.6 Å². The van der Waals surface area contributed by atoms with Crippen LogP contribution in [-0.4, -0.2) is 54.6 Å². The molecule has 0 radical (unpaired) electrons. The average molecular weight is 489 g/mol. The van der Waals surface area contributed by atoms with Gasteiger partial charge in [-0.2, -0.15) is 4.98 Å². The largest absolute Gasteiger partial charge is 0.396 e. The van der Waals surface area contributed by atoms with Gasteiger partial charge in [0.2, 0.25) is 5.95 Å². The fraction of sp³-hybridized carbons (Fsp3) is 0.542. The predicted molar refractivity (Wildman–Crippen MR) is 135 cm³/mol. The van der Waals surface area contributed by atoms with E-state index in [1.807, 2.05) is 18.2 Å². The number of hydrogen-bond donors (Lipinski definition) is 3. The lowest BCUT2D eigenvalue weighted by atomic mass is 9.91. The van der Waals surface area contributed by atoms with Crippen molar-refractivity contribution in [3.8, 4) is 0 Å². The van der Waals surface area contributed by atoms with E-state index in [4.69, 9.17) is 11.6 Å². The number of fused-ring (bicyclic) bond motifs is 1. The number of hydrogen-bond acceptors (Lipinski definition) is 7. The van der Waals surface area contributed by atoms with Gasteiger partial charge in [-0.15, -0.1) is 0 Å². The van der Waals surface area contributed by atoms with Gasteiger partial charge in [0.25, 0.3) is 0 Å². The fourth-order valence-corrected chi connectivity index (χ4v) is 4.74. The molecule has 0 saturated carbocycles. The Kier molecular flexibility index (Phi) is 6.89. The van der Waals surface area contributed by atoms with Crippen molar-refractivity contribution >= 4 is 40.1 Å². The third-order valence-corrected chi connectivity index (χ3v) is 6.65. The summed E-state index contributed by atoms with van der Waals surface area (Å²) in [6.07, 6.45) is 3.02. The fourth-order valence-electron chi connectivity index (χ4n) is 4.60. The summed E-state index contributed by atoms with van der Waals surface area (Å²) in [6.45, 7) is 7.70. The van der Waals surface area contributed by atoms with Crippen LogP contribution in [0.4, 0.5) is 17.5 Å². The number of imidazole rings is 1. The molecule has 3 aromatic rings. The van der Waals surface area contributed by atoms with Gasteiger partial charge in [0.1, 0.15) is 5.02 Å². The number of nitrogens with one attached hydrogen (secondary N) is 1. The molecule has 0 spiro atoms. The number of aliphatic hydroxyl groups is 2. The summed E-state index contributed by atoms with van der Waals surface area (Å²) in [4.78, 5) is 24.0. The maximum atomic E-state index is 12.8. The first-order valence-electron chi connectivity index (χ1n) is 11.6. The van der Waals surface area contributed by atoms with Crippen molar-refractivity contribution < 1.29 is 10.2 Å². The van der Waals surface area contributed by atoms with Crippen LogP contribution in [0.2, 0.25) is 5.02 Å². The summed E-state index contributed by atoms with van der Waals surface area (Å²) < 4.78 is 3.28. The second-order valence-corrected chi connectivity index (χ2v) is 10.5. The van der Waals surface area contributed by atoms with Crippen LogP contribution in [0.25, 0.3) is 11.0 Å². The van der Waals surface area contributed by atoms with E-state index in [1.165, 1.54) is 0 Å². The maximum absolute atomic E-state index is 12.8. The number of nitrogens with zero attached hydrogens (tertiary/aromatic N) is 5. The van der Waals surface area contributed by atoms with E-state index in [-0.39, 0.29) is 18.2 Å². The van der Waals surface area contributed by atoms with E-state index >= 15 is 0 Å². The molecule has 184 valence electrons. The summed E-state index contributed by atoms with van der Waals surface area (Å²) in [5.74, 6) is 1.68. The summed E-state index contributed by atoms with van der Waals surface area (Å²) >= 11 is 6.42. The lowest BCUT2D eigenvalue weighted by Gasteiger charge is -2.35. The average Bonchev–Trinajstić information content (AvgIpc) is 3.02. The highest BCUT2D eigenvalue weighted by Crippen LogP contribution is 2.29. The first-order chi connectivity index (χ1) is 16.1. The van der Waals surface area contributed by atoms with Gasteiger partial charge in [0.05, 0.1) is 22.8 Å². The molecule has 1 fully saturated rings. The normalized spacial score (nSPS) is 19.1. The minimum Gasteiger partial charge on any atom is -0.396 e. The van der Waals surface area contributed by atoms with Gasteiger partial charge in [0, 0.05) is 39.0 Å². The first kappa shape index (κ1) is 24.5. The third-order valence-electron chi connectivity index (χ3n) is 6.37. The molecular formula is C24H33ClN6O3. The molecule has 2 aromatic heterocycles. The van der Waals surface area contributed by atoms with Gasteiger partial charge in [-0.25, -0.2) is 9.78 Å². The topological polar surface area (TPSA) is 108 Å². The highest BCUT2D eigenvalue weighted by Gasteiger charge is 2.26. The minimum absolute atomic E-state index is 0.128. The number of halogens is 1. The Morgan fingerprint density at radius 1 is 1.26 bits per heavy atom. The monoisotopic (exact) mass is 488 g/mol. The second kappa shape index (κ2) is 9.56. The van der Waals surface area contributed by atoms with E-state index < -0.39 is 5.60 Å². The lowest BCUT2D eigenvalue weighted by molar-refractivity contribution is 0.0662. The molecule has 10 heteroatoms. The number of aromatic nitrogens is 4. The molecule has 1 aromatic carbocycles. The lowest BCUT2D eigenvalue weighted by Crippen LogP contribution is -2.41. The Labute approximate surface area is 204 Å². The van der Waals surface area contributed by atoms with Crippen molar-refractivity contribution in [1.29, 1.82) is 0 Å². The zero-order chi connectivity index (χ0) is 24.6. The van der Waals surface area contributed by atoms with Crippen molar-refractivity contribution in [2.45, 2.75) is 45.8 Å². The van der Waals surface area contributed by atoms with Crippen LogP contribution in [0.5, 0.6) is 0 Å². The molecule has 3 heterocycles. The molecule has 0 bridgehead atoms. The summed E-state index contributed by atoms with van der Waals surface area (Å²) in [7, 11) is 1.74. The van der Waals surface area contributed by atoms with Gasteiger partial charge < -0.3 is 20.4 Å². The second-order valence-electron chi connectivity index (χ2n) is 10.0. The smallest absolute Gasteiger partial charge is 0.328 e. The Hall–Kier alpha value is -2.62. The van der Waals surface area contributed by atoms with Crippen molar-refractivity contribution in [2.24, 2.45) is 18.9 Å². The SMILES string of the molecule is C[C@@H]1C[C@@H](CO)CN(c2ncc(Cl)c(Nc3ccc4c(c3)n(CCC(C)(C)O)c(=O)n4C)n2)C1. The van der Waals surface area contributed by atoms with Gasteiger partial charge in [-0.1, -0.05) is 18.5 Å². The Balaban J connectivity index is 1.63. The van der Waals surface area contributed by atoms with Crippen LogP contribution in [0.15, 0.2) is 29.2 Å². The number of anilines is 3. The molecule has 4 rings (SSSR count). The number of benzene rings is 1. The zero-order valence-corrected chi connectivity index (χ0v) is 20.9. The van der Waals surface area contributed by atoms with Crippen LogP contribution in [0, 0.1) is 11.8 Å². The van der Waals surface area contributed by atoms with Crippen molar-refractivity contribution in [3.63, 3.8) is 0 Å². The highest BCUT2D eigenvalue weighted by atomic mass is 35.5. The molecule has 34 heavy (non-hydrogen) atoms. The van der Waals surface area contributed by atoms with Gasteiger partial charge in [-0.05, 0) is 56.7 Å². The number of rotatable bonds is 7. The Bertz CT molecular complexity index is 1230. The van der Waals surface area contributed by atoms with Crippen molar-refractivity contribution in [3.05, 3.63) is 39.9 Å². The molecule has 2 atom stereocenters. The standard InChI is InChI=1S/C24H33ClN6O3/c1-15-9-16(14-32)13-30(12-15)22-26-11-18(25)21(28-22)27-17-5-6-19-20(10-17)31(23(33)29(19)4)8-7-24(2,3)34/h5-6,10-11,15-16,32,34H,7-9,12-14H2,1-4H3,(H,26,27,28)/t15-,16-/m1/s1. The van der Waals surface area contributed by atoms with Crippen LogP contribution < -0.4 is 15.9 Å². The van der Waals surface area contributed by atoms with Gasteiger partial charge >= 0.3 is 5.69 Å². The molecule has 0 amide bonds. The van der Waals surface area contributed by atoms with E-state index in [0.717, 1.165) is 29.7 Å². The molecule has 0 unspecified atom stereocenters. The van der Waals surface area contributed by atoms with Crippen LogP contribution in [0.3, 0.4) is 0 Å². The number of aryl methyl sites for hydroxylation is 2.